The van der Waals surface area contributed by atoms with Crippen LogP contribution < -0.4 is 5.32 Å². The zero-order valence-electron chi connectivity index (χ0n) is 11.1. The van der Waals surface area contributed by atoms with E-state index in [1.807, 2.05) is 0 Å². The molecule has 0 heterocycles. The Morgan fingerprint density at radius 3 is 2.42 bits per heavy atom. The van der Waals surface area contributed by atoms with E-state index < -0.39 is 24.1 Å². The molecule has 0 aromatic rings. The van der Waals surface area contributed by atoms with Gasteiger partial charge >= 0.3 is 18.0 Å². The summed E-state index contributed by atoms with van der Waals surface area (Å²) in [5, 5.41) is 19.9. The lowest BCUT2D eigenvalue weighted by Crippen LogP contribution is -2.44. The van der Waals surface area contributed by atoms with Gasteiger partial charge < -0.3 is 25.2 Å². The fourth-order valence-electron chi connectivity index (χ4n) is 1.24. The Morgan fingerprint density at radius 1 is 1.32 bits per heavy atom. The lowest BCUT2D eigenvalue weighted by molar-refractivity contribution is -0.146. The predicted molar refractivity (Wildman–Crippen MR) is 65.5 cm³/mol. The Bertz CT molecular complexity index is 320. The number of carbonyl (C=O) groups excluding carboxylic acids is 2. The molecule has 2 amide bonds. The van der Waals surface area contributed by atoms with E-state index in [9.17, 15) is 14.4 Å². The number of carbonyl (C=O) groups is 3. The third-order valence-electron chi connectivity index (χ3n) is 2.27. The molecule has 3 N–H and O–H groups in total. The van der Waals surface area contributed by atoms with Gasteiger partial charge in [0.1, 0.15) is 6.54 Å². The average Bonchev–Trinajstić information content (AvgIpc) is 2.35. The fraction of sp³-hybridized carbons (Fsp3) is 0.727. The van der Waals surface area contributed by atoms with Crippen LogP contribution in [0.2, 0.25) is 0 Å². The number of nitrogens with zero attached hydrogens (tertiary/aromatic N) is 1. The number of carboxylic acid groups (broad SMARTS) is 1. The normalized spacial score (nSPS) is 11.5. The van der Waals surface area contributed by atoms with Crippen LogP contribution in [0.4, 0.5) is 4.79 Å². The van der Waals surface area contributed by atoms with Crippen molar-refractivity contribution in [3.05, 3.63) is 0 Å². The zero-order valence-corrected chi connectivity index (χ0v) is 11.1. The number of aliphatic hydroxyl groups is 1. The van der Waals surface area contributed by atoms with Crippen molar-refractivity contribution in [2.24, 2.45) is 0 Å². The molecule has 0 radical (unpaired) electrons. The molecule has 0 spiro atoms. The number of carboxylic acids is 1. The zero-order chi connectivity index (χ0) is 14.8. The monoisotopic (exact) mass is 276 g/mol. The maximum atomic E-state index is 11.6. The van der Waals surface area contributed by atoms with Gasteiger partial charge in [-0.05, 0) is 13.8 Å². The van der Waals surface area contributed by atoms with Gasteiger partial charge in [0, 0.05) is 19.5 Å². The fourth-order valence-corrected chi connectivity index (χ4v) is 1.24. The number of hydrogen-bond donors (Lipinski definition) is 3. The maximum Gasteiger partial charge on any atom is 0.332 e. The van der Waals surface area contributed by atoms with Crippen LogP contribution >= 0.6 is 0 Å². The Hall–Kier alpha value is -1.83. The highest BCUT2D eigenvalue weighted by atomic mass is 16.5. The number of hydrogen-bond acceptors (Lipinski definition) is 5. The van der Waals surface area contributed by atoms with Gasteiger partial charge in [0.15, 0.2) is 6.10 Å². The van der Waals surface area contributed by atoms with Gasteiger partial charge in [-0.15, -0.1) is 0 Å². The second kappa shape index (κ2) is 9.15. The van der Waals surface area contributed by atoms with Crippen molar-refractivity contribution in [1.82, 2.24) is 10.2 Å². The molecule has 0 aliphatic rings. The molecular weight excluding hydrogens is 256 g/mol. The van der Waals surface area contributed by atoms with Crippen LogP contribution in [-0.2, 0) is 14.3 Å². The molecule has 0 aliphatic heterocycles. The van der Waals surface area contributed by atoms with E-state index in [1.54, 1.807) is 13.8 Å². The first-order valence-electron chi connectivity index (χ1n) is 6.01. The van der Waals surface area contributed by atoms with Crippen LogP contribution in [0.15, 0.2) is 0 Å². The number of aliphatic carboxylic acids is 1. The SMILES string of the molecule is CCOC(=O)CN(CC)C(=O)NCCC(O)C(=O)O. The van der Waals surface area contributed by atoms with Gasteiger partial charge in [0.2, 0.25) is 0 Å². The molecule has 0 saturated carbocycles. The third-order valence-corrected chi connectivity index (χ3v) is 2.27. The van der Waals surface area contributed by atoms with Crippen LogP contribution in [0, 0.1) is 0 Å². The second-order valence-corrected chi connectivity index (χ2v) is 3.69. The summed E-state index contributed by atoms with van der Waals surface area (Å²) in [4.78, 5) is 34.4. The molecule has 19 heavy (non-hydrogen) atoms. The van der Waals surface area contributed by atoms with E-state index in [0.717, 1.165) is 0 Å². The summed E-state index contributed by atoms with van der Waals surface area (Å²) < 4.78 is 4.72. The van der Waals surface area contributed by atoms with Crippen molar-refractivity contribution < 1.29 is 29.3 Å². The van der Waals surface area contributed by atoms with Crippen molar-refractivity contribution in [2.75, 3.05) is 26.2 Å². The highest BCUT2D eigenvalue weighted by Gasteiger charge is 2.17. The molecule has 0 fully saturated rings. The summed E-state index contributed by atoms with van der Waals surface area (Å²) in [6.45, 7) is 3.75. The first-order valence-corrected chi connectivity index (χ1v) is 6.01. The summed E-state index contributed by atoms with van der Waals surface area (Å²) in [5.74, 6) is -1.85. The molecule has 8 heteroatoms. The van der Waals surface area contributed by atoms with E-state index in [2.05, 4.69) is 5.32 Å². The molecule has 0 rings (SSSR count). The summed E-state index contributed by atoms with van der Waals surface area (Å²) in [6.07, 6.45) is -1.61. The Kier molecular flexibility index (Phi) is 8.27. The van der Waals surface area contributed by atoms with Crippen LogP contribution in [0.25, 0.3) is 0 Å². The summed E-state index contributed by atoms with van der Waals surface area (Å²) in [5.41, 5.74) is 0. The first kappa shape index (κ1) is 17.2. The standard InChI is InChI=1S/C11H20N2O6/c1-3-13(7-9(15)19-4-2)11(18)12-6-5-8(14)10(16)17/h8,14H,3-7H2,1-2H3,(H,12,18)(H,16,17). The smallest absolute Gasteiger partial charge is 0.332 e. The number of esters is 1. The molecule has 1 unspecified atom stereocenters. The number of amides is 2. The van der Waals surface area contributed by atoms with Gasteiger partial charge in [0.25, 0.3) is 0 Å². The van der Waals surface area contributed by atoms with Crippen LogP contribution in [0.5, 0.6) is 0 Å². The van der Waals surface area contributed by atoms with Crippen molar-refractivity contribution in [3.8, 4) is 0 Å². The lowest BCUT2D eigenvalue weighted by atomic mass is 10.2. The molecule has 0 aromatic heterocycles. The second-order valence-electron chi connectivity index (χ2n) is 3.69. The lowest BCUT2D eigenvalue weighted by Gasteiger charge is -2.20. The number of urea groups is 1. The largest absolute Gasteiger partial charge is 0.479 e. The van der Waals surface area contributed by atoms with Gasteiger partial charge in [-0.1, -0.05) is 0 Å². The highest BCUT2D eigenvalue weighted by molar-refractivity contribution is 5.81. The van der Waals surface area contributed by atoms with E-state index in [0.29, 0.717) is 6.54 Å². The Balaban J connectivity index is 4.08. The van der Waals surface area contributed by atoms with Crippen molar-refractivity contribution in [3.63, 3.8) is 0 Å². The molecule has 1 atom stereocenters. The number of aliphatic hydroxyl groups excluding tert-OH is 1. The summed E-state index contributed by atoms with van der Waals surface area (Å²) in [7, 11) is 0. The van der Waals surface area contributed by atoms with Gasteiger partial charge in [0.05, 0.1) is 6.61 Å². The number of likely N-dealkylation sites (N-methyl/N-ethyl adjacent to an activating group) is 1. The van der Waals surface area contributed by atoms with Crippen LogP contribution in [0.1, 0.15) is 20.3 Å². The average molecular weight is 276 g/mol. The van der Waals surface area contributed by atoms with E-state index >= 15 is 0 Å². The Morgan fingerprint density at radius 2 is 1.95 bits per heavy atom. The maximum absolute atomic E-state index is 11.6. The minimum absolute atomic E-state index is 0.00558. The number of rotatable bonds is 8. The minimum atomic E-state index is -1.51. The minimum Gasteiger partial charge on any atom is -0.479 e. The third kappa shape index (κ3) is 7.24. The van der Waals surface area contributed by atoms with E-state index in [-0.39, 0.29) is 26.1 Å². The van der Waals surface area contributed by atoms with E-state index in [1.165, 1.54) is 4.90 Å². The molecule has 0 aliphatic carbocycles. The number of ether oxygens (including phenoxy) is 1. The highest BCUT2D eigenvalue weighted by Crippen LogP contribution is 1.94. The van der Waals surface area contributed by atoms with E-state index in [4.69, 9.17) is 14.9 Å². The van der Waals surface area contributed by atoms with Gasteiger partial charge in [-0.3, -0.25) is 4.79 Å². The van der Waals surface area contributed by atoms with Crippen molar-refractivity contribution in [2.45, 2.75) is 26.4 Å². The molecule has 0 aromatic carbocycles. The summed E-state index contributed by atoms with van der Waals surface area (Å²) in [6, 6.07) is -0.506. The van der Waals surface area contributed by atoms with Crippen LogP contribution in [-0.4, -0.2) is 65.4 Å². The predicted octanol–water partition coefficient (Wildman–Crippen LogP) is -0.583. The van der Waals surface area contributed by atoms with Crippen molar-refractivity contribution in [1.29, 1.82) is 0 Å². The summed E-state index contributed by atoms with van der Waals surface area (Å²) >= 11 is 0. The first-order chi connectivity index (χ1) is 8.92. The topological polar surface area (TPSA) is 116 Å². The number of nitrogens with one attached hydrogen (secondary N) is 1. The molecule has 8 nitrogen and oxygen atoms in total. The van der Waals surface area contributed by atoms with Crippen LogP contribution in [0.3, 0.4) is 0 Å². The molecule has 0 saturated heterocycles. The quantitative estimate of drug-likeness (QED) is 0.511. The molecular formula is C11H20N2O6. The molecule has 0 bridgehead atoms. The van der Waals surface area contributed by atoms with Crippen molar-refractivity contribution >= 4 is 18.0 Å². The Labute approximate surface area is 111 Å². The van der Waals surface area contributed by atoms with Gasteiger partial charge in [-0.2, -0.15) is 0 Å². The molecule has 110 valence electrons. The van der Waals surface area contributed by atoms with Gasteiger partial charge in [-0.25, -0.2) is 9.59 Å².